The maximum Gasteiger partial charge on any atom is 0.282 e. The number of nitro benzene ring substituents is 1. The van der Waals surface area contributed by atoms with Gasteiger partial charge in [0.1, 0.15) is 16.6 Å². The smallest absolute Gasteiger partial charge is 0.282 e. The van der Waals surface area contributed by atoms with Gasteiger partial charge < -0.3 is 8.83 Å². The van der Waals surface area contributed by atoms with E-state index in [0.29, 0.717) is 39.2 Å². The Balaban J connectivity index is 1.58. The largest absolute Gasteiger partial charge is 0.436 e. The third-order valence-corrected chi connectivity index (χ3v) is 6.18. The number of nitrogens with zero attached hydrogens (tertiary/aromatic N) is 3. The van der Waals surface area contributed by atoms with Gasteiger partial charge in [-0.3, -0.25) is 10.1 Å². The van der Waals surface area contributed by atoms with Crippen molar-refractivity contribution in [2.24, 2.45) is 0 Å². The second-order valence-electron chi connectivity index (χ2n) is 10.9. The van der Waals surface area contributed by atoms with E-state index in [2.05, 4.69) is 51.5 Å². The van der Waals surface area contributed by atoms with Crippen LogP contribution in [0.3, 0.4) is 0 Å². The number of hydrogen-bond acceptors (Lipinski definition) is 6. The zero-order valence-corrected chi connectivity index (χ0v) is 20.7. The maximum absolute atomic E-state index is 12.0. The average Bonchev–Trinajstić information content (AvgIpc) is 3.40. The number of rotatable bonds is 3. The molecule has 0 fully saturated rings. The van der Waals surface area contributed by atoms with Crippen LogP contribution in [-0.2, 0) is 10.8 Å². The molecule has 0 saturated heterocycles. The third-order valence-electron chi connectivity index (χ3n) is 6.18. The molecule has 0 N–H and O–H groups in total. The number of nitro groups is 1. The molecule has 0 atom stereocenters. The second-order valence-corrected chi connectivity index (χ2v) is 10.9. The second kappa shape index (κ2) is 7.77. The van der Waals surface area contributed by atoms with Crippen LogP contribution in [0.5, 0.6) is 0 Å². The Hall–Kier alpha value is -4.00. The van der Waals surface area contributed by atoms with E-state index in [-0.39, 0.29) is 22.4 Å². The van der Waals surface area contributed by atoms with Gasteiger partial charge in [-0.05, 0) is 58.4 Å². The Morgan fingerprint density at radius 1 is 0.714 bits per heavy atom. The molecule has 0 spiro atoms. The summed E-state index contributed by atoms with van der Waals surface area (Å²) in [5, 5.41) is 12.0. The van der Waals surface area contributed by atoms with Crippen molar-refractivity contribution < 1.29 is 13.8 Å². The van der Waals surface area contributed by atoms with E-state index in [1.165, 1.54) is 6.07 Å². The molecule has 0 unspecified atom stereocenters. The predicted molar refractivity (Wildman–Crippen MR) is 137 cm³/mol. The Labute approximate surface area is 203 Å². The minimum atomic E-state index is -0.436. The summed E-state index contributed by atoms with van der Waals surface area (Å²) in [7, 11) is 0. The number of aromatic nitrogens is 2. The number of benzene rings is 3. The highest BCUT2D eigenvalue weighted by Gasteiger charge is 2.24. The summed E-state index contributed by atoms with van der Waals surface area (Å²) in [5.41, 5.74) is 5.47. The fourth-order valence-electron chi connectivity index (χ4n) is 4.02. The SMILES string of the molecule is CC(C)(C)c1ccc2oc(-c3ccc(-c4nc5cc(C(C)(C)C)ccc5o4)c([N+](=O)[O-])c3)nc2c1. The third kappa shape index (κ3) is 4.18. The van der Waals surface area contributed by atoms with E-state index in [1.807, 2.05) is 36.4 Å². The molecule has 0 saturated carbocycles. The maximum atomic E-state index is 12.0. The van der Waals surface area contributed by atoms with Gasteiger partial charge in [-0.1, -0.05) is 53.7 Å². The molecule has 7 nitrogen and oxygen atoms in total. The number of fused-ring (bicyclic) bond motifs is 2. The van der Waals surface area contributed by atoms with Crippen LogP contribution in [0.15, 0.2) is 63.4 Å². The first-order valence-electron chi connectivity index (χ1n) is 11.5. The van der Waals surface area contributed by atoms with Crippen molar-refractivity contribution in [3.05, 3.63) is 75.8 Å². The first kappa shape index (κ1) is 22.8. The molecule has 2 aromatic heterocycles. The molecule has 7 heteroatoms. The van der Waals surface area contributed by atoms with Crippen LogP contribution in [0.1, 0.15) is 52.7 Å². The fraction of sp³-hybridized carbons (Fsp3) is 0.286. The molecular weight excluding hydrogens is 442 g/mol. The fourth-order valence-corrected chi connectivity index (χ4v) is 4.02. The van der Waals surface area contributed by atoms with Crippen LogP contribution in [0.4, 0.5) is 5.69 Å². The van der Waals surface area contributed by atoms with Gasteiger partial charge in [0.15, 0.2) is 11.2 Å². The summed E-state index contributed by atoms with van der Waals surface area (Å²) in [6, 6.07) is 16.6. The predicted octanol–water partition coefficient (Wildman–Crippen LogP) is 7.81. The van der Waals surface area contributed by atoms with Crippen LogP contribution in [0.25, 0.3) is 45.1 Å². The molecule has 2 heterocycles. The van der Waals surface area contributed by atoms with Gasteiger partial charge in [-0.2, -0.15) is 0 Å². The molecule has 3 aromatic carbocycles. The van der Waals surface area contributed by atoms with Crippen molar-refractivity contribution in [3.63, 3.8) is 0 Å². The van der Waals surface area contributed by atoms with E-state index < -0.39 is 4.92 Å². The van der Waals surface area contributed by atoms with E-state index in [4.69, 9.17) is 8.83 Å². The molecule has 178 valence electrons. The highest BCUT2D eigenvalue weighted by molar-refractivity contribution is 5.82. The lowest BCUT2D eigenvalue weighted by Crippen LogP contribution is -2.10. The van der Waals surface area contributed by atoms with Crippen LogP contribution in [0, 0.1) is 10.1 Å². The Morgan fingerprint density at radius 3 is 1.74 bits per heavy atom. The summed E-state index contributed by atoms with van der Waals surface area (Å²) in [6.45, 7) is 12.8. The zero-order valence-electron chi connectivity index (χ0n) is 20.7. The van der Waals surface area contributed by atoms with E-state index in [0.717, 1.165) is 11.1 Å². The van der Waals surface area contributed by atoms with Crippen molar-refractivity contribution in [3.8, 4) is 22.9 Å². The van der Waals surface area contributed by atoms with Crippen LogP contribution in [-0.4, -0.2) is 14.9 Å². The van der Waals surface area contributed by atoms with Crippen molar-refractivity contribution >= 4 is 27.9 Å². The zero-order chi connectivity index (χ0) is 25.1. The van der Waals surface area contributed by atoms with Gasteiger partial charge >= 0.3 is 0 Å². The van der Waals surface area contributed by atoms with Crippen molar-refractivity contribution in [1.29, 1.82) is 0 Å². The molecule has 0 amide bonds. The van der Waals surface area contributed by atoms with Gasteiger partial charge in [0.05, 0.1) is 4.92 Å². The Bertz CT molecular complexity index is 1600. The van der Waals surface area contributed by atoms with Gasteiger partial charge in [-0.25, -0.2) is 9.97 Å². The van der Waals surface area contributed by atoms with Crippen molar-refractivity contribution in [2.45, 2.75) is 52.4 Å². The summed E-state index contributed by atoms with van der Waals surface area (Å²) in [5.74, 6) is 0.532. The molecule has 5 aromatic rings. The van der Waals surface area contributed by atoms with Gasteiger partial charge in [0, 0.05) is 11.6 Å². The molecular formula is C28H27N3O4. The Morgan fingerprint density at radius 2 is 1.23 bits per heavy atom. The van der Waals surface area contributed by atoms with Crippen molar-refractivity contribution in [2.75, 3.05) is 0 Å². The normalized spacial score (nSPS) is 12.5. The molecule has 0 bridgehead atoms. The van der Waals surface area contributed by atoms with E-state index in [9.17, 15) is 10.1 Å². The summed E-state index contributed by atoms with van der Waals surface area (Å²) < 4.78 is 11.8. The minimum absolute atomic E-state index is 0.0268. The van der Waals surface area contributed by atoms with Crippen LogP contribution in [0.2, 0.25) is 0 Å². The lowest BCUT2D eigenvalue weighted by Gasteiger charge is -2.18. The van der Waals surface area contributed by atoms with E-state index in [1.54, 1.807) is 12.1 Å². The van der Waals surface area contributed by atoms with Gasteiger partial charge in [0.25, 0.3) is 5.69 Å². The summed E-state index contributed by atoms with van der Waals surface area (Å²) in [6.07, 6.45) is 0. The highest BCUT2D eigenvalue weighted by Crippen LogP contribution is 2.37. The molecule has 0 aliphatic carbocycles. The highest BCUT2D eigenvalue weighted by atomic mass is 16.6. The van der Waals surface area contributed by atoms with Crippen molar-refractivity contribution in [1.82, 2.24) is 9.97 Å². The minimum Gasteiger partial charge on any atom is -0.436 e. The number of oxazole rings is 2. The van der Waals surface area contributed by atoms with Crippen LogP contribution < -0.4 is 0 Å². The average molecular weight is 470 g/mol. The summed E-state index contributed by atoms with van der Waals surface area (Å²) >= 11 is 0. The molecule has 5 rings (SSSR count). The first-order valence-corrected chi connectivity index (χ1v) is 11.5. The van der Waals surface area contributed by atoms with E-state index >= 15 is 0 Å². The molecule has 0 aliphatic heterocycles. The lowest BCUT2D eigenvalue weighted by atomic mass is 9.87. The first-order chi connectivity index (χ1) is 16.4. The summed E-state index contributed by atoms with van der Waals surface area (Å²) in [4.78, 5) is 20.7. The lowest BCUT2D eigenvalue weighted by molar-refractivity contribution is -0.384. The molecule has 0 radical (unpaired) electrons. The van der Waals surface area contributed by atoms with Gasteiger partial charge in [0.2, 0.25) is 11.8 Å². The molecule has 0 aliphatic rings. The Kier molecular flexibility index (Phi) is 5.05. The quantitative estimate of drug-likeness (QED) is 0.197. The van der Waals surface area contributed by atoms with Crippen LogP contribution >= 0.6 is 0 Å². The molecule has 35 heavy (non-hydrogen) atoms. The monoisotopic (exact) mass is 469 g/mol. The topological polar surface area (TPSA) is 95.2 Å². The standard InChI is InChI=1S/C28H27N3O4/c1-27(2,3)17-8-11-23-20(14-17)29-25(34-23)16-7-10-19(22(13-16)31(32)33)26-30-21-15-18(28(4,5)6)9-12-24(21)35-26/h7-15H,1-6H3. The van der Waals surface area contributed by atoms with Gasteiger partial charge in [-0.15, -0.1) is 0 Å². The number of hydrogen-bond donors (Lipinski definition) is 0.